The van der Waals surface area contributed by atoms with E-state index in [4.69, 9.17) is 10.5 Å². The third kappa shape index (κ3) is 1.46. The van der Waals surface area contributed by atoms with E-state index in [1.54, 1.807) is 0 Å². The molecule has 8 heteroatoms. The Morgan fingerprint density at radius 1 is 1.60 bits per heavy atom. The largest absolute Gasteiger partial charge is 0.447 e. The second-order valence-corrected chi connectivity index (χ2v) is 5.32. The second-order valence-electron chi connectivity index (χ2n) is 5.32. The van der Waals surface area contributed by atoms with E-state index in [1.807, 2.05) is 0 Å². The van der Waals surface area contributed by atoms with Crippen LogP contribution in [-0.4, -0.2) is 63.2 Å². The molecule has 3 aliphatic heterocycles. The van der Waals surface area contributed by atoms with Gasteiger partial charge in [-0.3, -0.25) is 4.90 Å². The van der Waals surface area contributed by atoms with Gasteiger partial charge in [-0.15, -0.1) is 0 Å². The summed E-state index contributed by atoms with van der Waals surface area (Å²) in [5, 5.41) is 24.0. The molecule has 3 rings (SSSR count). The van der Waals surface area contributed by atoms with Crippen molar-refractivity contribution in [2.24, 2.45) is 5.73 Å². The minimum atomic E-state index is -1.59. The monoisotopic (exact) mass is 282 g/mol. The van der Waals surface area contributed by atoms with Gasteiger partial charge in [-0.25, -0.2) is 4.79 Å². The lowest BCUT2D eigenvalue weighted by Gasteiger charge is -2.52. The average Bonchev–Trinajstić information content (AvgIpc) is 2.88. The third-order valence-corrected chi connectivity index (χ3v) is 4.23. The predicted octanol–water partition coefficient (Wildman–Crippen LogP) is -1.56. The fourth-order valence-electron chi connectivity index (χ4n) is 3.33. The van der Waals surface area contributed by atoms with E-state index in [0.717, 1.165) is 0 Å². The van der Waals surface area contributed by atoms with Gasteiger partial charge in [-0.05, 0) is 6.42 Å². The molecule has 0 aliphatic carbocycles. The molecule has 0 aromatic heterocycles. The Bertz CT molecular complexity index is 496. The van der Waals surface area contributed by atoms with E-state index in [9.17, 15) is 15.0 Å². The first kappa shape index (κ1) is 13.1. The molecule has 3 heterocycles. The van der Waals surface area contributed by atoms with Crippen molar-refractivity contribution < 1.29 is 19.7 Å². The van der Waals surface area contributed by atoms with Crippen LogP contribution in [0.4, 0.5) is 4.79 Å². The van der Waals surface area contributed by atoms with Crippen molar-refractivity contribution in [1.82, 2.24) is 15.1 Å². The molecule has 1 amide bonds. The van der Waals surface area contributed by atoms with Crippen molar-refractivity contribution in [2.45, 2.75) is 30.3 Å². The normalized spacial score (nSPS) is 39.4. The van der Waals surface area contributed by atoms with E-state index in [2.05, 4.69) is 18.5 Å². The number of hydrogen-bond donors (Lipinski definition) is 4. The summed E-state index contributed by atoms with van der Waals surface area (Å²) in [4.78, 5) is 14.7. The number of ether oxygens (including phenoxy) is 1. The number of cyclic esters (lactones) is 1. The van der Waals surface area contributed by atoms with Crippen LogP contribution in [0, 0.1) is 0 Å². The van der Waals surface area contributed by atoms with Crippen LogP contribution in [0.1, 0.15) is 6.42 Å². The molecule has 1 unspecified atom stereocenters. The van der Waals surface area contributed by atoms with Gasteiger partial charge >= 0.3 is 6.09 Å². The molecule has 0 spiro atoms. The van der Waals surface area contributed by atoms with E-state index in [0.29, 0.717) is 18.8 Å². The zero-order valence-corrected chi connectivity index (χ0v) is 11.0. The summed E-state index contributed by atoms with van der Waals surface area (Å²) in [6, 6.07) is -1.21. The number of nitrogens with one attached hydrogen (secondary N) is 1. The minimum Gasteiger partial charge on any atom is -0.447 e. The Hall–Kier alpha value is -1.93. The lowest BCUT2D eigenvalue weighted by atomic mass is 9.89. The molecule has 3 aliphatic rings. The van der Waals surface area contributed by atoms with Crippen LogP contribution in [-0.2, 0) is 4.74 Å². The number of rotatable bonds is 2. The lowest BCUT2D eigenvalue weighted by Crippen LogP contribution is -2.74. The molecule has 110 valence electrons. The summed E-state index contributed by atoms with van der Waals surface area (Å²) < 4.78 is 5.02. The highest BCUT2D eigenvalue weighted by atomic mass is 16.6. The molecule has 8 nitrogen and oxygen atoms in total. The molecule has 3 saturated heterocycles. The molecule has 0 aromatic carbocycles. The topological polar surface area (TPSA) is 111 Å². The Balaban J connectivity index is 2.05. The van der Waals surface area contributed by atoms with Crippen molar-refractivity contribution in [1.29, 1.82) is 0 Å². The maximum atomic E-state index is 11.8. The number of nitrogens with zero attached hydrogens (tertiary/aromatic N) is 2. The molecule has 20 heavy (non-hydrogen) atoms. The summed E-state index contributed by atoms with van der Waals surface area (Å²) >= 11 is 0. The van der Waals surface area contributed by atoms with Gasteiger partial charge < -0.3 is 30.9 Å². The summed E-state index contributed by atoms with van der Waals surface area (Å²) in [6.45, 7) is 7.88. The summed E-state index contributed by atoms with van der Waals surface area (Å²) in [5.74, 6) is 0.478. The van der Waals surface area contributed by atoms with Crippen LogP contribution >= 0.6 is 0 Å². The molecule has 3 fully saturated rings. The maximum absolute atomic E-state index is 11.8. The van der Waals surface area contributed by atoms with E-state index in [-0.39, 0.29) is 12.4 Å². The van der Waals surface area contributed by atoms with Crippen molar-refractivity contribution in [3.05, 3.63) is 24.8 Å². The highest BCUT2D eigenvalue weighted by Gasteiger charge is 2.63. The van der Waals surface area contributed by atoms with Crippen LogP contribution in [0.25, 0.3) is 0 Å². The van der Waals surface area contributed by atoms with Gasteiger partial charge in [0.2, 0.25) is 0 Å². The molecule has 0 bridgehead atoms. The zero-order valence-electron chi connectivity index (χ0n) is 11.0. The van der Waals surface area contributed by atoms with Crippen LogP contribution in [0.3, 0.4) is 0 Å². The number of hydrogen-bond acceptors (Lipinski definition) is 7. The standard InChI is InChI=1S/C12H18N4O4/c1-6(13)14-10-8-5-20-11(18)16(8)7(2)15-4-3-9(17)12(10,15)19/h8-10,14,17,19H,1-5,13H2/t8?,9-,10-,12-/m0/s1. The zero-order chi connectivity index (χ0) is 14.7. The average molecular weight is 282 g/mol. The number of carbonyl (C=O) groups excluding carboxylic acids is 1. The molecule has 5 N–H and O–H groups in total. The molecule has 4 atom stereocenters. The second kappa shape index (κ2) is 4.03. The number of nitrogens with two attached hydrogens (primary N) is 1. The van der Waals surface area contributed by atoms with Gasteiger partial charge in [0.25, 0.3) is 0 Å². The Morgan fingerprint density at radius 3 is 2.95 bits per heavy atom. The van der Waals surface area contributed by atoms with E-state index in [1.165, 1.54) is 9.80 Å². The Kier molecular flexibility index (Phi) is 2.63. The number of amides is 1. The van der Waals surface area contributed by atoms with E-state index >= 15 is 0 Å². The number of carbonyl (C=O) groups is 1. The highest BCUT2D eigenvalue weighted by molar-refractivity contribution is 5.73. The first-order valence-electron chi connectivity index (χ1n) is 6.41. The lowest BCUT2D eigenvalue weighted by molar-refractivity contribution is -0.181. The van der Waals surface area contributed by atoms with Gasteiger partial charge in [-0.1, -0.05) is 13.2 Å². The first-order valence-corrected chi connectivity index (χ1v) is 6.41. The Labute approximate surface area is 116 Å². The summed E-state index contributed by atoms with van der Waals surface area (Å²) in [6.07, 6.45) is -1.12. The van der Waals surface area contributed by atoms with Gasteiger partial charge in [0.15, 0.2) is 5.72 Å². The van der Waals surface area contributed by atoms with Crippen LogP contribution in [0.15, 0.2) is 24.8 Å². The summed E-state index contributed by atoms with van der Waals surface area (Å²) in [5.41, 5.74) is 3.99. The SMILES string of the molecule is C=C(N)N[C@H]1C2COC(=O)N2C(=C)N2CC[C@H](O)[C@]12O. The molecule has 0 radical (unpaired) electrons. The fraction of sp³-hybridized carbons (Fsp3) is 0.583. The van der Waals surface area contributed by atoms with Gasteiger partial charge in [0, 0.05) is 6.54 Å². The van der Waals surface area contributed by atoms with Gasteiger partial charge in [0.05, 0.1) is 5.82 Å². The molecule has 0 aromatic rings. The Morgan fingerprint density at radius 2 is 2.30 bits per heavy atom. The predicted molar refractivity (Wildman–Crippen MR) is 68.6 cm³/mol. The van der Waals surface area contributed by atoms with Gasteiger partial charge in [0.1, 0.15) is 30.6 Å². The van der Waals surface area contributed by atoms with Crippen molar-refractivity contribution in [3.63, 3.8) is 0 Å². The van der Waals surface area contributed by atoms with Crippen molar-refractivity contribution >= 4 is 6.09 Å². The maximum Gasteiger partial charge on any atom is 0.415 e. The first-order chi connectivity index (χ1) is 9.37. The molecular formula is C12H18N4O4. The highest BCUT2D eigenvalue weighted by Crippen LogP contribution is 2.43. The summed E-state index contributed by atoms with van der Waals surface area (Å²) in [7, 11) is 0. The third-order valence-electron chi connectivity index (χ3n) is 4.23. The molecule has 0 saturated carbocycles. The van der Waals surface area contributed by atoms with E-state index < -0.39 is 30.0 Å². The van der Waals surface area contributed by atoms with Crippen molar-refractivity contribution in [3.8, 4) is 0 Å². The number of aliphatic hydroxyl groups excluding tert-OH is 1. The van der Waals surface area contributed by atoms with Crippen LogP contribution in [0.2, 0.25) is 0 Å². The minimum absolute atomic E-state index is 0.0890. The smallest absolute Gasteiger partial charge is 0.415 e. The quantitative estimate of drug-likeness (QED) is 0.484. The molecular weight excluding hydrogens is 264 g/mol. The van der Waals surface area contributed by atoms with Crippen LogP contribution < -0.4 is 11.1 Å². The fourth-order valence-corrected chi connectivity index (χ4v) is 3.33. The van der Waals surface area contributed by atoms with Gasteiger partial charge in [-0.2, -0.15) is 0 Å². The van der Waals surface area contributed by atoms with Crippen LogP contribution in [0.5, 0.6) is 0 Å². The van der Waals surface area contributed by atoms with Crippen molar-refractivity contribution in [2.75, 3.05) is 13.2 Å². The number of fused-ring (bicyclic) bond motifs is 2. The number of aliphatic hydroxyl groups is 2.